The maximum atomic E-state index is 14.0. The first-order valence-corrected chi connectivity index (χ1v) is 10.9. The van der Waals surface area contributed by atoms with E-state index < -0.39 is 49.7 Å². The molecule has 2 N–H and O–H groups in total. The van der Waals surface area contributed by atoms with Crippen molar-refractivity contribution in [3.8, 4) is 0 Å². The van der Waals surface area contributed by atoms with E-state index >= 15 is 0 Å². The number of anilines is 1. The third kappa shape index (κ3) is 4.51. The van der Waals surface area contributed by atoms with Crippen LogP contribution in [0.5, 0.6) is 0 Å². The van der Waals surface area contributed by atoms with Crippen LogP contribution in [-0.2, 0) is 22.7 Å². The topological polar surface area (TPSA) is 84.0 Å². The summed E-state index contributed by atoms with van der Waals surface area (Å²) in [4.78, 5) is 11.5. The van der Waals surface area contributed by atoms with Gasteiger partial charge in [-0.15, -0.1) is 0 Å². The molecule has 0 saturated heterocycles. The van der Waals surface area contributed by atoms with Crippen LogP contribution in [0.25, 0.3) is 10.9 Å². The van der Waals surface area contributed by atoms with Crippen molar-refractivity contribution >= 4 is 26.6 Å². The highest BCUT2D eigenvalue weighted by atomic mass is 32.2. The first kappa shape index (κ1) is 23.4. The third-order valence-corrected chi connectivity index (χ3v) is 6.30. The molecule has 0 amide bonds. The number of fused-ring (bicyclic) bond motifs is 1. The van der Waals surface area contributed by atoms with E-state index in [1.54, 1.807) is 0 Å². The zero-order valence-electron chi connectivity index (χ0n) is 16.8. The molecule has 4 aromatic rings. The molecule has 6 nitrogen and oxygen atoms in total. The first-order valence-electron chi connectivity index (χ1n) is 9.41. The van der Waals surface area contributed by atoms with Crippen molar-refractivity contribution in [3.05, 3.63) is 93.5 Å². The van der Waals surface area contributed by atoms with Gasteiger partial charge in [0.25, 0.3) is 15.6 Å². The van der Waals surface area contributed by atoms with Crippen molar-refractivity contribution in [2.45, 2.75) is 17.6 Å². The summed E-state index contributed by atoms with van der Waals surface area (Å²) >= 11 is 0. The minimum Gasteiger partial charge on any atom is -0.280 e. The Morgan fingerprint density at radius 1 is 0.912 bits per heavy atom. The largest absolute Gasteiger partial charge is 0.419 e. The van der Waals surface area contributed by atoms with E-state index in [2.05, 4.69) is 5.10 Å². The number of halogens is 6. The number of aromatic nitrogens is 2. The summed E-state index contributed by atoms with van der Waals surface area (Å²) in [7, 11) is -4.57. The van der Waals surface area contributed by atoms with Crippen LogP contribution in [-0.4, -0.2) is 18.2 Å². The van der Waals surface area contributed by atoms with Crippen LogP contribution in [0.1, 0.15) is 11.1 Å². The van der Waals surface area contributed by atoms with Crippen molar-refractivity contribution < 1.29 is 34.8 Å². The van der Waals surface area contributed by atoms with Gasteiger partial charge in [-0.05, 0) is 42.5 Å². The van der Waals surface area contributed by atoms with E-state index in [0.717, 1.165) is 12.1 Å². The lowest BCUT2D eigenvalue weighted by atomic mass is 10.2. The monoisotopic (exact) mass is 501 g/mol. The molecule has 34 heavy (non-hydrogen) atoms. The van der Waals surface area contributed by atoms with E-state index in [1.807, 2.05) is 4.72 Å². The maximum Gasteiger partial charge on any atom is 0.419 e. The van der Waals surface area contributed by atoms with Gasteiger partial charge in [0.05, 0.1) is 27.9 Å². The van der Waals surface area contributed by atoms with Gasteiger partial charge in [0, 0.05) is 17.3 Å². The molecule has 0 aliphatic carbocycles. The lowest BCUT2D eigenvalue weighted by Gasteiger charge is -2.12. The van der Waals surface area contributed by atoms with E-state index in [1.165, 1.54) is 22.9 Å². The van der Waals surface area contributed by atoms with Crippen LogP contribution >= 0.6 is 0 Å². The van der Waals surface area contributed by atoms with Crippen LogP contribution < -0.4 is 10.3 Å². The minimum absolute atomic E-state index is 0.00203. The fourth-order valence-corrected chi connectivity index (χ4v) is 4.38. The van der Waals surface area contributed by atoms with Gasteiger partial charge < -0.3 is 0 Å². The molecular weight excluding hydrogens is 488 g/mol. The Balaban J connectivity index is 1.66. The van der Waals surface area contributed by atoms with Gasteiger partial charge in [-0.3, -0.25) is 19.3 Å². The van der Waals surface area contributed by atoms with Crippen LogP contribution in [0.3, 0.4) is 0 Å². The third-order valence-electron chi connectivity index (χ3n) is 4.92. The van der Waals surface area contributed by atoms with Crippen LogP contribution in [0.2, 0.25) is 0 Å². The number of hydrogen-bond donors (Lipinski definition) is 2. The van der Waals surface area contributed by atoms with E-state index in [-0.39, 0.29) is 34.8 Å². The smallest absolute Gasteiger partial charge is 0.280 e. The number of rotatable bonds is 5. The SMILES string of the molecule is O=c1[nH]n(Cc2ccc(F)cc2F)c2ccc(NS(=O)(=O)c3ccc(F)c(C(F)(F)F)c3)cc12. The number of nitrogens with one attached hydrogen (secondary N) is 2. The Hall–Kier alpha value is -3.74. The normalized spacial score (nSPS) is 12.3. The van der Waals surface area contributed by atoms with Gasteiger partial charge in [-0.25, -0.2) is 21.6 Å². The molecule has 178 valence electrons. The number of nitrogens with zero attached hydrogens (tertiary/aromatic N) is 1. The summed E-state index contributed by atoms with van der Waals surface area (Å²) in [5, 5.41) is 2.45. The Morgan fingerprint density at radius 2 is 1.65 bits per heavy atom. The van der Waals surface area contributed by atoms with E-state index in [9.17, 15) is 39.6 Å². The van der Waals surface area contributed by atoms with Crippen molar-refractivity contribution in [1.29, 1.82) is 0 Å². The molecule has 0 spiro atoms. The molecule has 4 rings (SSSR count). The molecule has 0 saturated carbocycles. The second kappa shape index (κ2) is 8.24. The summed E-state index contributed by atoms with van der Waals surface area (Å²) in [5.41, 5.74) is -2.21. The molecule has 0 aliphatic heterocycles. The van der Waals surface area contributed by atoms with Crippen molar-refractivity contribution in [1.82, 2.24) is 9.78 Å². The fourth-order valence-electron chi connectivity index (χ4n) is 3.31. The minimum atomic E-state index is -5.10. The van der Waals surface area contributed by atoms with E-state index in [0.29, 0.717) is 18.2 Å². The lowest BCUT2D eigenvalue weighted by molar-refractivity contribution is -0.140. The molecule has 0 unspecified atom stereocenters. The van der Waals surface area contributed by atoms with Crippen LogP contribution in [0.15, 0.2) is 64.3 Å². The molecular formula is C21H13F6N3O3S. The number of hydrogen-bond acceptors (Lipinski definition) is 3. The molecule has 0 atom stereocenters. The van der Waals surface area contributed by atoms with E-state index in [4.69, 9.17) is 0 Å². The first-order chi connectivity index (χ1) is 15.8. The molecule has 1 aromatic heterocycles. The van der Waals surface area contributed by atoms with Crippen LogP contribution in [0, 0.1) is 17.5 Å². The van der Waals surface area contributed by atoms with Crippen molar-refractivity contribution in [2.75, 3.05) is 4.72 Å². The molecule has 0 aliphatic rings. The fraction of sp³-hybridized carbons (Fsp3) is 0.0952. The molecule has 0 bridgehead atoms. The predicted octanol–water partition coefficient (Wildman–Crippen LogP) is 4.61. The van der Waals surface area contributed by atoms with Crippen molar-refractivity contribution in [3.63, 3.8) is 0 Å². The molecule has 3 aromatic carbocycles. The van der Waals surface area contributed by atoms with Gasteiger partial charge in [-0.2, -0.15) is 13.2 Å². The van der Waals surface area contributed by atoms with Crippen LogP contribution in [0.4, 0.5) is 32.0 Å². The van der Waals surface area contributed by atoms with Gasteiger partial charge in [-0.1, -0.05) is 6.07 Å². The highest BCUT2D eigenvalue weighted by molar-refractivity contribution is 7.92. The average Bonchev–Trinajstić information content (AvgIpc) is 3.04. The Kier molecular flexibility index (Phi) is 5.67. The highest BCUT2D eigenvalue weighted by Crippen LogP contribution is 2.33. The Bertz CT molecular complexity index is 1580. The zero-order chi connectivity index (χ0) is 24.8. The molecule has 13 heteroatoms. The summed E-state index contributed by atoms with van der Waals surface area (Å²) in [6, 6.07) is 7.87. The summed E-state index contributed by atoms with van der Waals surface area (Å²) < 4.78 is 108. The average molecular weight is 501 g/mol. The molecule has 1 heterocycles. The zero-order valence-corrected chi connectivity index (χ0v) is 17.6. The predicted molar refractivity (Wildman–Crippen MR) is 110 cm³/mol. The quantitative estimate of drug-likeness (QED) is 0.392. The second-order valence-corrected chi connectivity index (χ2v) is 8.92. The van der Waals surface area contributed by atoms with Gasteiger partial charge >= 0.3 is 6.18 Å². The number of benzene rings is 3. The molecule has 0 radical (unpaired) electrons. The standard InChI is InChI=1S/C21H13F6N3O3S/c22-12-2-1-11(18(24)7-12)10-30-19-6-3-13(8-15(19)20(31)28-30)29-34(32,33)14-4-5-17(23)16(9-14)21(25,26)27/h1-9,29H,10H2,(H,28,31). The lowest BCUT2D eigenvalue weighted by Crippen LogP contribution is -2.16. The summed E-state index contributed by atoms with van der Waals surface area (Å²) in [6.45, 7) is -0.161. The number of aromatic amines is 1. The summed E-state index contributed by atoms with van der Waals surface area (Å²) in [5.74, 6) is -3.23. The van der Waals surface area contributed by atoms with Gasteiger partial charge in [0.2, 0.25) is 0 Å². The number of sulfonamides is 1. The maximum absolute atomic E-state index is 14.0. The summed E-state index contributed by atoms with van der Waals surface area (Å²) in [6.07, 6.45) is -5.10. The number of H-pyrrole nitrogens is 1. The van der Waals surface area contributed by atoms with Crippen molar-refractivity contribution in [2.24, 2.45) is 0 Å². The highest BCUT2D eigenvalue weighted by Gasteiger charge is 2.35. The Labute approximate surface area is 187 Å². The molecule has 0 fully saturated rings. The second-order valence-electron chi connectivity index (χ2n) is 7.24. The number of alkyl halides is 3. The Morgan fingerprint density at radius 3 is 2.32 bits per heavy atom. The van der Waals surface area contributed by atoms with Gasteiger partial charge in [0.15, 0.2) is 0 Å². The van der Waals surface area contributed by atoms with Gasteiger partial charge in [0.1, 0.15) is 17.5 Å².